The number of H-pyrrole nitrogens is 2. The highest BCUT2D eigenvalue weighted by Gasteiger charge is 2.33. The summed E-state index contributed by atoms with van der Waals surface area (Å²) in [5, 5.41) is 75.3. The first-order chi connectivity index (χ1) is 59.6. The fraction of sp³-hybridized carbons (Fsp3) is 0.375. The second-order valence-corrected chi connectivity index (χ2v) is 30.8. The Hall–Kier alpha value is -13.4. The maximum atomic E-state index is 12.9. The number of carbonyl (C=O) groups excluding carboxylic acids is 8. The lowest BCUT2D eigenvalue weighted by Crippen LogP contribution is -2.52. The van der Waals surface area contributed by atoms with Crippen molar-refractivity contribution < 1.29 is 77.8 Å². The van der Waals surface area contributed by atoms with Crippen molar-refractivity contribution in [1.82, 2.24) is 61.7 Å². The smallest absolute Gasteiger partial charge is 0.326 e. The van der Waals surface area contributed by atoms with Gasteiger partial charge in [0, 0.05) is 68.0 Å². The number of benzene rings is 8. The number of carboxylic acid groups (broad SMARTS) is 4. The molecular formula is C96H114N12O16-2. The Morgan fingerprint density at radius 1 is 0.403 bits per heavy atom. The van der Waals surface area contributed by atoms with E-state index in [1.807, 2.05) is 234 Å². The van der Waals surface area contributed by atoms with Crippen LogP contribution in [-0.4, -0.2) is 158 Å². The number of amides is 4. The lowest BCUT2D eigenvalue weighted by molar-refractivity contribution is -0.313. The Morgan fingerprint density at radius 2 is 0.742 bits per heavy atom. The summed E-state index contributed by atoms with van der Waals surface area (Å²) in [6.07, 6.45) is 4.96. The minimum atomic E-state index is -1.27. The number of ether oxygens (including phenoxy) is 2. The standard InChI is InChI=1S/2C24H29N5O3.2C24H29NO5/c2*1-4-5-10-21(30)29(22(16(2)3)24(31)32)15-17-11-13-18(14-12-17)19-8-6-7-9-20(19)23-25-27-28-26-23;2*1-3-30-24(29)17(2)15-21(25-22(26)13-14-23(27)28)16-18-9-11-20(12-10-18)19-7-5-4-6-8-19/h2*6-9,11-14,16,22H,4-5,10,15H2,1-3H3,(H,31,32)(H,25,26,27,28);2*4-12,17,21H,3,13-16H2,1-2H3,(H,25,26)(H,27,28)/p-2/t2*22-;2*17-,21+/m0011/s1. The van der Waals surface area contributed by atoms with E-state index in [1.54, 1.807) is 41.5 Å². The molecule has 0 unspecified atom stereocenters. The molecule has 10 rings (SSSR count). The molecule has 0 radical (unpaired) electrons. The fourth-order valence-corrected chi connectivity index (χ4v) is 14.1. The molecule has 0 fully saturated rings. The third kappa shape index (κ3) is 31.9. The highest BCUT2D eigenvalue weighted by molar-refractivity contribution is 5.86. The Morgan fingerprint density at radius 3 is 1.06 bits per heavy atom. The second kappa shape index (κ2) is 51.4. The first-order valence-electron chi connectivity index (χ1n) is 42.1. The first kappa shape index (κ1) is 97.7. The number of esters is 2. The van der Waals surface area contributed by atoms with Gasteiger partial charge in [-0.1, -0.05) is 274 Å². The van der Waals surface area contributed by atoms with Gasteiger partial charge in [0.2, 0.25) is 35.3 Å². The van der Waals surface area contributed by atoms with Crippen molar-refractivity contribution >= 4 is 59.4 Å². The van der Waals surface area contributed by atoms with Crippen LogP contribution in [0.5, 0.6) is 0 Å². The molecule has 4 amide bonds. The number of nitrogens with one attached hydrogen (secondary N) is 4. The first-order valence-corrected chi connectivity index (χ1v) is 42.1. The molecule has 0 aliphatic carbocycles. The van der Waals surface area contributed by atoms with Crippen LogP contribution < -0.4 is 20.8 Å². The zero-order chi connectivity index (χ0) is 90.0. The van der Waals surface area contributed by atoms with Crippen molar-refractivity contribution in [2.75, 3.05) is 13.2 Å². The van der Waals surface area contributed by atoms with Gasteiger partial charge in [-0.3, -0.25) is 33.6 Å². The third-order valence-electron chi connectivity index (χ3n) is 20.4. The number of rotatable bonds is 42. The van der Waals surface area contributed by atoms with Gasteiger partial charge in [-0.2, -0.15) is 10.4 Å². The number of aliphatic carboxylic acids is 4. The molecule has 28 nitrogen and oxygen atoms in total. The number of aromatic nitrogens is 8. The lowest BCUT2D eigenvalue weighted by Gasteiger charge is -2.35. The van der Waals surface area contributed by atoms with Gasteiger partial charge in [-0.05, 0) is 148 Å². The monoisotopic (exact) mass is 1690 g/mol. The Labute approximate surface area is 724 Å². The van der Waals surface area contributed by atoms with Gasteiger partial charge in [0.25, 0.3) is 0 Å². The largest absolute Gasteiger partial charge is 0.550 e. The Balaban J connectivity index is 0.000000227. The van der Waals surface area contributed by atoms with Crippen molar-refractivity contribution in [3.63, 3.8) is 0 Å². The zero-order valence-corrected chi connectivity index (χ0v) is 72.2. The molecule has 28 heteroatoms. The molecule has 6 atom stereocenters. The Bertz CT molecular complexity index is 4670. The molecule has 656 valence electrons. The van der Waals surface area contributed by atoms with Gasteiger partial charge >= 0.3 is 23.9 Å². The van der Waals surface area contributed by atoms with E-state index in [2.05, 4.69) is 51.9 Å². The maximum absolute atomic E-state index is 12.9. The quantitative estimate of drug-likeness (QED) is 0.0194. The SMILES string of the molecule is CCCCC(=O)N(Cc1ccc(-c2ccccc2-c2nn[nH]n2)cc1)[C@H](C(=O)O)C(C)C.CCCCC(=O)N(Cc1ccc(-c2ccccc2-c2nn[nH]n2)cc1)[C@H](C(=O)[O-])C(C)C.CCOC(=O)[C@H](C)C[C@@H](Cc1ccc(-c2ccccc2)cc1)NC(=O)CCC(=O)O.CCOC(=O)[C@H](C)C[C@@H](Cc1ccc(-c2ccccc2)cc1)NC(=O)CCC(=O)[O-]. The number of carboxylic acids is 4. The van der Waals surface area contributed by atoms with E-state index in [4.69, 9.17) is 14.6 Å². The summed E-state index contributed by atoms with van der Waals surface area (Å²) >= 11 is 0. The molecule has 6 N–H and O–H groups in total. The van der Waals surface area contributed by atoms with Gasteiger partial charge in [-0.25, -0.2) is 4.79 Å². The van der Waals surface area contributed by atoms with Crippen LogP contribution in [0.15, 0.2) is 206 Å². The van der Waals surface area contributed by atoms with Crippen LogP contribution in [0.25, 0.3) is 67.3 Å². The molecule has 0 spiro atoms. The van der Waals surface area contributed by atoms with Crippen molar-refractivity contribution in [2.45, 2.75) is 196 Å². The minimum Gasteiger partial charge on any atom is -0.550 e. The van der Waals surface area contributed by atoms with E-state index in [9.17, 15) is 63.3 Å². The van der Waals surface area contributed by atoms with Crippen LogP contribution in [0.1, 0.15) is 169 Å². The molecule has 0 aliphatic heterocycles. The van der Waals surface area contributed by atoms with Crippen LogP contribution in [0.3, 0.4) is 0 Å². The van der Waals surface area contributed by atoms with Crippen LogP contribution >= 0.6 is 0 Å². The third-order valence-corrected chi connectivity index (χ3v) is 20.4. The molecule has 0 bridgehead atoms. The van der Waals surface area contributed by atoms with Gasteiger partial charge in [0.05, 0.1) is 43.5 Å². The number of carbonyl (C=O) groups is 10. The molecule has 0 aliphatic rings. The van der Waals surface area contributed by atoms with E-state index in [1.165, 1.54) is 9.80 Å². The number of aromatic amines is 2. The average molecular weight is 1690 g/mol. The number of tetrazole rings is 2. The molecule has 0 saturated carbocycles. The van der Waals surface area contributed by atoms with E-state index < -0.39 is 36.0 Å². The van der Waals surface area contributed by atoms with Crippen LogP contribution in [0, 0.1) is 23.7 Å². The minimum absolute atomic E-state index is 0.0907. The van der Waals surface area contributed by atoms with Crippen molar-refractivity contribution in [1.29, 1.82) is 0 Å². The lowest BCUT2D eigenvalue weighted by atomic mass is 9.94. The number of hydrogen-bond donors (Lipinski definition) is 6. The highest BCUT2D eigenvalue weighted by atomic mass is 16.5. The summed E-state index contributed by atoms with van der Waals surface area (Å²) in [6, 6.07) is 64.8. The molecule has 8 aromatic carbocycles. The Kier molecular flexibility index (Phi) is 40.5. The molecule has 0 saturated heterocycles. The maximum Gasteiger partial charge on any atom is 0.326 e. The molecule has 124 heavy (non-hydrogen) atoms. The van der Waals surface area contributed by atoms with Gasteiger partial charge in [0.15, 0.2) is 0 Å². The average Bonchev–Trinajstić information content (AvgIpc) is 1.50. The number of unbranched alkanes of at least 4 members (excludes halogenated alkanes) is 2. The summed E-state index contributed by atoms with van der Waals surface area (Å²) < 4.78 is 10.1. The van der Waals surface area contributed by atoms with Crippen LogP contribution in [0.2, 0.25) is 0 Å². The summed E-state index contributed by atoms with van der Waals surface area (Å²) in [7, 11) is 0. The van der Waals surface area contributed by atoms with E-state index in [-0.39, 0.29) is 110 Å². The molecule has 2 aromatic heterocycles. The van der Waals surface area contributed by atoms with Crippen molar-refractivity contribution in [2.24, 2.45) is 23.7 Å². The summed E-state index contributed by atoms with van der Waals surface area (Å²) in [6.45, 7) is 19.4. The van der Waals surface area contributed by atoms with E-state index in [0.29, 0.717) is 63.4 Å². The predicted molar refractivity (Wildman–Crippen MR) is 467 cm³/mol. The number of nitrogens with zero attached hydrogens (tertiary/aromatic N) is 8. The normalized spacial score (nSPS) is 12.3. The number of hydrogen-bond acceptors (Lipinski definition) is 20. The van der Waals surface area contributed by atoms with Crippen molar-refractivity contribution in [3.05, 3.63) is 229 Å². The van der Waals surface area contributed by atoms with Crippen molar-refractivity contribution in [3.8, 4) is 67.3 Å². The summed E-state index contributed by atoms with van der Waals surface area (Å²) in [5.74, 6) is -6.30. The zero-order valence-electron chi connectivity index (χ0n) is 72.2. The van der Waals surface area contributed by atoms with E-state index in [0.717, 1.165) is 104 Å². The topological polar surface area (TPSA) is 415 Å². The second-order valence-electron chi connectivity index (χ2n) is 30.8. The van der Waals surface area contributed by atoms with Gasteiger partial charge in [0.1, 0.15) is 6.04 Å². The molecule has 2 heterocycles. The predicted octanol–water partition coefficient (Wildman–Crippen LogP) is 13.3. The van der Waals surface area contributed by atoms with Gasteiger partial charge < -0.3 is 59.9 Å². The van der Waals surface area contributed by atoms with Crippen LogP contribution in [-0.2, 0) is 83.4 Å². The fourth-order valence-electron chi connectivity index (χ4n) is 14.1. The molecule has 10 aromatic rings. The van der Waals surface area contributed by atoms with Crippen LogP contribution in [0.4, 0.5) is 0 Å². The van der Waals surface area contributed by atoms with Gasteiger partial charge in [-0.15, -0.1) is 20.4 Å². The molecular weight excluding hydrogens is 1580 g/mol. The summed E-state index contributed by atoms with van der Waals surface area (Å²) in [4.78, 5) is 122. The van der Waals surface area contributed by atoms with E-state index >= 15 is 0 Å². The summed E-state index contributed by atoms with van der Waals surface area (Å²) in [5.41, 5.74) is 13.7. The highest BCUT2D eigenvalue weighted by Crippen LogP contribution is 2.33.